The van der Waals surface area contributed by atoms with Crippen LogP contribution >= 0.6 is 0 Å². The summed E-state index contributed by atoms with van der Waals surface area (Å²) in [6, 6.07) is 4.79. The van der Waals surface area contributed by atoms with Crippen molar-refractivity contribution < 1.29 is 4.39 Å². The average Bonchev–Trinajstić information content (AvgIpc) is 1.80. The molecule has 0 saturated carbocycles. The highest BCUT2D eigenvalue weighted by Gasteiger charge is 1.91. The molecule has 9 heavy (non-hydrogen) atoms. The molecule has 0 saturated heterocycles. The highest BCUT2D eigenvalue weighted by Crippen LogP contribution is 1.97. The highest BCUT2D eigenvalue weighted by atomic mass is 19.1. The van der Waals surface area contributed by atoms with Gasteiger partial charge in [-0.25, -0.2) is 4.39 Å². The Morgan fingerprint density at radius 1 is 1.44 bits per heavy atom. The molecule has 0 bridgehead atoms. The smallest absolute Gasteiger partial charge is 0.139 e. The first-order valence-electron chi connectivity index (χ1n) is 2.93. The van der Waals surface area contributed by atoms with Crippen LogP contribution in [-0.2, 0) is 0 Å². The monoisotopic (exact) mass is 122 g/mol. The Bertz CT molecular complexity index is 220. The van der Waals surface area contributed by atoms with Crippen LogP contribution in [0.2, 0.25) is 0 Å². The van der Waals surface area contributed by atoms with Crippen molar-refractivity contribution in [3.63, 3.8) is 0 Å². The lowest BCUT2D eigenvalue weighted by Crippen LogP contribution is -2.05. The van der Waals surface area contributed by atoms with E-state index in [-0.39, 0.29) is 5.82 Å². The largest absolute Gasteiger partial charge is 0.207 e. The van der Waals surface area contributed by atoms with E-state index in [1.807, 2.05) is 14.8 Å². The van der Waals surface area contributed by atoms with E-state index in [2.05, 4.69) is 0 Å². The maximum absolute atomic E-state index is 12.3. The van der Waals surface area contributed by atoms with Gasteiger partial charge >= 0.3 is 0 Å². The summed E-state index contributed by atoms with van der Waals surface area (Å²) in [6.45, 7) is 1.90. The molecule has 0 amide bonds. The van der Waals surface area contributed by atoms with Crippen molar-refractivity contribution in [1.29, 1.82) is 0 Å². The van der Waals surface area contributed by atoms with E-state index < -0.39 is 0 Å². The summed E-state index contributed by atoms with van der Waals surface area (Å²) in [7, 11) is 1.97. The van der Waals surface area contributed by atoms with Crippen LogP contribution in [0, 0.1) is 12.7 Å². The molecule has 1 aromatic rings. The zero-order valence-corrected chi connectivity index (χ0v) is 5.61. The molecule has 1 rings (SSSR count). The Hall–Kier alpha value is -0.785. The molecule has 0 fully saturated rings. The number of halogens is 1. The third-order valence-electron chi connectivity index (χ3n) is 1.47. The minimum atomic E-state index is -0.155. The van der Waals surface area contributed by atoms with Crippen LogP contribution in [-0.4, -0.2) is 7.85 Å². The summed E-state index contributed by atoms with van der Waals surface area (Å²) in [5, 5.41) is 0. The van der Waals surface area contributed by atoms with Gasteiger partial charge in [0, 0.05) is 0 Å². The molecule has 46 valence electrons. The lowest BCUT2D eigenvalue weighted by Gasteiger charge is -1.96. The Balaban J connectivity index is 3.17. The minimum absolute atomic E-state index is 0.155. The van der Waals surface area contributed by atoms with Crippen molar-refractivity contribution in [3.05, 3.63) is 29.6 Å². The van der Waals surface area contributed by atoms with Gasteiger partial charge in [0.25, 0.3) is 0 Å². The lowest BCUT2D eigenvalue weighted by molar-refractivity contribution is 0.627. The fourth-order valence-electron chi connectivity index (χ4n) is 0.705. The molecular weight excluding hydrogens is 114 g/mol. The number of aryl methyl sites for hydroxylation is 1. The first-order valence-corrected chi connectivity index (χ1v) is 2.93. The van der Waals surface area contributed by atoms with E-state index in [0.717, 1.165) is 11.0 Å². The van der Waals surface area contributed by atoms with Crippen molar-refractivity contribution in [3.8, 4) is 0 Å². The van der Waals surface area contributed by atoms with Gasteiger partial charge in [-0.1, -0.05) is 17.1 Å². The number of rotatable bonds is 0. The second-order valence-corrected chi connectivity index (χ2v) is 2.23. The van der Waals surface area contributed by atoms with Crippen LogP contribution in [0.15, 0.2) is 18.2 Å². The Kier molecular flexibility index (Phi) is 1.56. The van der Waals surface area contributed by atoms with Gasteiger partial charge in [-0.05, 0) is 19.1 Å². The van der Waals surface area contributed by atoms with Gasteiger partial charge in [-0.2, -0.15) is 0 Å². The van der Waals surface area contributed by atoms with E-state index >= 15 is 0 Å². The highest BCUT2D eigenvalue weighted by molar-refractivity contribution is 6.33. The van der Waals surface area contributed by atoms with Gasteiger partial charge in [0.05, 0.1) is 0 Å². The molecule has 0 radical (unpaired) electrons. The fraction of sp³-hybridized carbons (Fsp3) is 0.143. The average molecular weight is 122 g/mol. The first-order chi connectivity index (χ1) is 4.20. The molecule has 0 N–H and O–H groups in total. The predicted molar refractivity (Wildman–Crippen MR) is 39.3 cm³/mol. The van der Waals surface area contributed by atoms with E-state index in [9.17, 15) is 4.39 Å². The van der Waals surface area contributed by atoms with Crippen molar-refractivity contribution in [2.45, 2.75) is 6.92 Å². The van der Waals surface area contributed by atoms with Crippen molar-refractivity contribution in [2.75, 3.05) is 0 Å². The van der Waals surface area contributed by atoms with Gasteiger partial charge < -0.3 is 0 Å². The van der Waals surface area contributed by atoms with Gasteiger partial charge in [0.15, 0.2) is 0 Å². The molecule has 0 unspecified atom stereocenters. The van der Waals surface area contributed by atoms with Crippen molar-refractivity contribution >= 4 is 13.3 Å². The Morgan fingerprint density at radius 2 is 2.11 bits per heavy atom. The fourth-order valence-corrected chi connectivity index (χ4v) is 0.705. The van der Waals surface area contributed by atoms with E-state index in [1.165, 1.54) is 12.1 Å². The number of hydrogen-bond acceptors (Lipinski definition) is 0. The molecule has 1 aromatic carbocycles. The summed E-state index contributed by atoms with van der Waals surface area (Å²) in [5.41, 5.74) is 2.14. The SMILES string of the molecule is Bc1ccc(F)cc1C. The van der Waals surface area contributed by atoms with Crippen LogP contribution < -0.4 is 5.46 Å². The minimum Gasteiger partial charge on any atom is -0.207 e. The second kappa shape index (κ2) is 2.22. The predicted octanol–water partition coefficient (Wildman–Crippen LogP) is 0.393. The normalized spacial score (nSPS) is 9.56. The molecule has 0 aromatic heterocycles. The summed E-state index contributed by atoms with van der Waals surface area (Å²) in [5.74, 6) is -0.155. The van der Waals surface area contributed by atoms with Crippen molar-refractivity contribution in [1.82, 2.24) is 0 Å². The van der Waals surface area contributed by atoms with Crippen LogP contribution in [0.3, 0.4) is 0 Å². The second-order valence-electron chi connectivity index (χ2n) is 2.23. The molecule has 0 atom stereocenters. The van der Waals surface area contributed by atoms with Crippen LogP contribution in [0.25, 0.3) is 0 Å². The van der Waals surface area contributed by atoms with Crippen molar-refractivity contribution in [2.24, 2.45) is 0 Å². The van der Waals surface area contributed by atoms with Gasteiger partial charge in [-0.15, -0.1) is 0 Å². The number of benzene rings is 1. The molecule has 0 heterocycles. The van der Waals surface area contributed by atoms with Gasteiger partial charge in [-0.3, -0.25) is 0 Å². The van der Waals surface area contributed by atoms with Crippen LogP contribution in [0.4, 0.5) is 4.39 Å². The standard InChI is InChI=1S/C7H8BF/c1-5-4-6(9)2-3-7(5)8/h2-4H,8H2,1H3. The molecule has 0 spiro atoms. The third-order valence-corrected chi connectivity index (χ3v) is 1.47. The zero-order chi connectivity index (χ0) is 6.85. The van der Waals surface area contributed by atoms with Gasteiger partial charge in [0.1, 0.15) is 13.7 Å². The third kappa shape index (κ3) is 1.32. The van der Waals surface area contributed by atoms with E-state index in [0.29, 0.717) is 0 Å². The lowest BCUT2D eigenvalue weighted by atomic mass is 9.91. The Labute approximate surface area is 55.1 Å². The topological polar surface area (TPSA) is 0 Å². The van der Waals surface area contributed by atoms with Gasteiger partial charge in [0.2, 0.25) is 0 Å². The first kappa shape index (κ1) is 6.34. The molecule has 0 aliphatic rings. The maximum Gasteiger partial charge on any atom is 0.139 e. The molecule has 0 aliphatic heterocycles. The molecular formula is C7H8BF. The molecule has 2 heteroatoms. The molecule has 0 aliphatic carbocycles. The summed E-state index contributed by atoms with van der Waals surface area (Å²) in [6.07, 6.45) is 0. The quantitative estimate of drug-likeness (QED) is 0.436. The Morgan fingerprint density at radius 3 is 2.56 bits per heavy atom. The molecule has 0 nitrogen and oxygen atoms in total. The van der Waals surface area contributed by atoms with E-state index in [1.54, 1.807) is 6.07 Å². The zero-order valence-electron chi connectivity index (χ0n) is 5.61. The van der Waals surface area contributed by atoms with Crippen LogP contribution in [0.5, 0.6) is 0 Å². The summed E-state index contributed by atoms with van der Waals surface area (Å²) < 4.78 is 12.3. The van der Waals surface area contributed by atoms with E-state index in [4.69, 9.17) is 0 Å². The number of hydrogen-bond donors (Lipinski definition) is 0. The maximum atomic E-state index is 12.3. The summed E-state index contributed by atoms with van der Waals surface area (Å²) in [4.78, 5) is 0. The summed E-state index contributed by atoms with van der Waals surface area (Å²) >= 11 is 0. The van der Waals surface area contributed by atoms with Crippen LogP contribution in [0.1, 0.15) is 5.56 Å².